The van der Waals surface area contributed by atoms with E-state index < -0.39 is 10.1 Å². The average Bonchev–Trinajstić information content (AvgIpc) is 2.56. The quantitative estimate of drug-likeness (QED) is 0.592. The van der Waals surface area contributed by atoms with E-state index in [1.807, 2.05) is 23.9 Å². The number of aromatic nitrogens is 2. The van der Waals surface area contributed by atoms with Crippen molar-refractivity contribution < 1.29 is 17.5 Å². The summed E-state index contributed by atoms with van der Waals surface area (Å²) in [7, 11) is -3.83. The van der Waals surface area contributed by atoms with Gasteiger partial charge in [0.1, 0.15) is 12.4 Å². The number of hydrogen-bond acceptors (Lipinski definition) is 2. The molecule has 1 aromatic heterocycles. The van der Waals surface area contributed by atoms with Gasteiger partial charge in [0.2, 0.25) is 0 Å². The van der Waals surface area contributed by atoms with E-state index in [-0.39, 0.29) is 5.75 Å². The van der Waals surface area contributed by atoms with Crippen LogP contribution < -0.4 is 4.57 Å². The van der Waals surface area contributed by atoms with Crippen LogP contribution in [0, 0.1) is 6.92 Å². The molecule has 1 rings (SSSR count). The minimum Gasteiger partial charge on any atom is -0.286 e. The molecule has 0 bridgehead atoms. The fourth-order valence-electron chi connectivity index (χ4n) is 1.76. The standard InChI is InChI=1S/C11H20N2O3S/c1-3-4-6-12-8-9-13(11(12)2)7-5-10-17(14,15)16/h8-9H,3-7,10H2,1-2H3/p+1. The van der Waals surface area contributed by atoms with Gasteiger partial charge in [-0.2, -0.15) is 8.42 Å². The summed E-state index contributed by atoms with van der Waals surface area (Å²) in [5.74, 6) is 0.938. The first-order valence-corrected chi connectivity index (χ1v) is 7.55. The Morgan fingerprint density at radius 3 is 2.71 bits per heavy atom. The average molecular weight is 261 g/mol. The molecule has 0 saturated heterocycles. The molecular formula is C11H21N2O3S+. The van der Waals surface area contributed by atoms with Crippen molar-refractivity contribution in [1.82, 2.24) is 4.57 Å². The van der Waals surface area contributed by atoms with Crippen molar-refractivity contribution in [2.24, 2.45) is 0 Å². The van der Waals surface area contributed by atoms with E-state index in [0.29, 0.717) is 13.0 Å². The van der Waals surface area contributed by atoms with E-state index in [2.05, 4.69) is 11.5 Å². The first kappa shape index (κ1) is 14.2. The third-order valence-corrected chi connectivity index (χ3v) is 3.62. The molecule has 6 heteroatoms. The highest BCUT2D eigenvalue weighted by Crippen LogP contribution is 1.99. The van der Waals surface area contributed by atoms with Gasteiger partial charge in [-0.25, -0.2) is 9.13 Å². The van der Waals surface area contributed by atoms with Gasteiger partial charge in [-0.15, -0.1) is 0 Å². The van der Waals surface area contributed by atoms with Crippen molar-refractivity contribution in [3.05, 3.63) is 18.2 Å². The molecule has 0 spiro atoms. The van der Waals surface area contributed by atoms with Gasteiger partial charge in [0.15, 0.2) is 0 Å². The highest BCUT2D eigenvalue weighted by Gasteiger charge is 2.12. The summed E-state index contributed by atoms with van der Waals surface area (Å²) in [6.45, 7) is 5.78. The molecule has 0 aliphatic rings. The summed E-state index contributed by atoms with van der Waals surface area (Å²) in [6.07, 6.45) is 6.69. The van der Waals surface area contributed by atoms with E-state index in [1.54, 1.807) is 0 Å². The SMILES string of the molecule is CCCCn1cc[n+](CCCS(=O)(=O)O)c1C. The van der Waals surface area contributed by atoms with Crippen molar-refractivity contribution in [3.8, 4) is 0 Å². The number of rotatable bonds is 7. The van der Waals surface area contributed by atoms with Crippen LogP contribution in [0.3, 0.4) is 0 Å². The lowest BCUT2D eigenvalue weighted by molar-refractivity contribution is -0.702. The Labute approximate surface area is 103 Å². The van der Waals surface area contributed by atoms with Crippen LogP contribution in [0.4, 0.5) is 0 Å². The topological polar surface area (TPSA) is 63.2 Å². The molecule has 17 heavy (non-hydrogen) atoms. The van der Waals surface area contributed by atoms with Gasteiger partial charge in [-0.3, -0.25) is 4.55 Å². The van der Waals surface area contributed by atoms with E-state index in [9.17, 15) is 8.42 Å². The second-order valence-corrected chi connectivity index (χ2v) is 5.80. The van der Waals surface area contributed by atoms with Gasteiger partial charge < -0.3 is 0 Å². The molecule has 0 atom stereocenters. The van der Waals surface area contributed by atoms with Gasteiger partial charge in [-0.1, -0.05) is 13.3 Å². The minimum absolute atomic E-state index is 0.181. The number of nitrogens with zero attached hydrogens (tertiary/aromatic N) is 2. The molecule has 5 nitrogen and oxygen atoms in total. The summed E-state index contributed by atoms with van der Waals surface area (Å²) in [4.78, 5) is 0. The molecule has 0 amide bonds. The van der Waals surface area contributed by atoms with Gasteiger partial charge in [0, 0.05) is 13.3 Å². The van der Waals surface area contributed by atoms with Crippen LogP contribution in [0.15, 0.2) is 12.4 Å². The molecule has 0 aromatic carbocycles. The molecule has 1 aromatic rings. The highest BCUT2D eigenvalue weighted by atomic mass is 32.2. The Morgan fingerprint density at radius 1 is 1.41 bits per heavy atom. The van der Waals surface area contributed by atoms with Crippen molar-refractivity contribution in [1.29, 1.82) is 0 Å². The maximum absolute atomic E-state index is 10.6. The molecule has 0 fully saturated rings. The van der Waals surface area contributed by atoms with Crippen LogP contribution in [0.2, 0.25) is 0 Å². The largest absolute Gasteiger partial charge is 0.286 e. The maximum Gasteiger partial charge on any atom is 0.265 e. The molecule has 98 valence electrons. The fraction of sp³-hybridized carbons (Fsp3) is 0.727. The van der Waals surface area contributed by atoms with Crippen LogP contribution in [0.1, 0.15) is 32.0 Å². The zero-order valence-electron chi connectivity index (χ0n) is 10.5. The number of aryl methyl sites for hydroxylation is 2. The van der Waals surface area contributed by atoms with Gasteiger partial charge in [0.25, 0.3) is 15.9 Å². The normalized spacial score (nSPS) is 11.9. The third-order valence-electron chi connectivity index (χ3n) is 2.81. The summed E-state index contributed by atoms with van der Waals surface area (Å²) in [5.41, 5.74) is 0. The summed E-state index contributed by atoms with van der Waals surface area (Å²) < 4.78 is 34.0. The first-order chi connectivity index (χ1) is 7.94. The van der Waals surface area contributed by atoms with Crippen LogP contribution >= 0.6 is 0 Å². The monoisotopic (exact) mass is 261 g/mol. The Balaban J connectivity index is 2.52. The van der Waals surface area contributed by atoms with Crippen molar-refractivity contribution in [2.45, 2.75) is 46.2 Å². The zero-order valence-corrected chi connectivity index (χ0v) is 11.3. The molecule has 0 radical (unpaired) electrons. The Bertz CT molecular complexity index is 451. The highest BCUT2D eigenvalue weighted by molar-refractivity contribution is 7.85. The van der Waals surface area contributed by atoms with Crippen molar-refractivity contribution >= 4 is 10.1 Å². The van der Waals surface area contributed by atoms with E-state index in [0.717, 1.165) is 25.2 Å². The lowest BCUT2D eigenvalue weighted by atomic mass is 10.3. The van der Waals surface area contributed by atoms with E-state index >= 15 is 0 Å². The van der Waals surface area contributed by atoms with Gasteiger partial charge >= 0.3 is 0 Å². The second kappa shape index (κ2) is 6.16. The molecule has 1 N–H and O–H groups in total. The van der Waals surface area contributed by atoms with E-state index in [4.69, 9.17) is 4.55 Å². The molecule has 0 unspecified atom stereocenters. The minimum atomic E-state index is -3.83. The summed E-state index contributed by atoms with van der Waals surface area (Å²) in [5, 5.41) is 0. The van der Waals surface area contributed by atoms with E-state index in [1.165, 1.54) is 0 Å². The van der Waals surface area contributed by atoms with Crippen LogP contribution in [-0.2, 0) is 23.2 Å². The number of unbranched alkanes of at least 4 members (excludes halogenated alkanes) is 1. The van der Waals surface area contributed by atoms with Crippen LogP contribution in [0.25, 0.3) is 0 Å². The molecule has 1 heterocycles. The van der Waals surface area contributed by atoms with Crippen molar-refractivity contribution in [2.75, 3.05) is 5.75 Å². The maximum atomic E-state index is 10.6. The smallest absolute Gasteiger partial charge is 0.265 e. The molecule has 0 aliphatic heterocycles. The fourth-order valence-corrected chi connectivity index (χ4v) is 2.25. The predicted octanol–water partition coefficient (Wildman–Crippen LogP) is 1.16. The van der Waals surface area contributed by atoms with Gasteiger partial charge in [-0.05, 0) is 6.42 Å². The molecular weight excluding hydrogens is 240 g/mol. The Kier molecular flexibility index (Phi) is 5.14. The number of hydrogen-bond donors (Lipinski definition) is 1. The van der Waals surface area contributed by atoms with Crippen LogP contribution in [-0.4, -0.2) is 23.3 Å². The lowest BCUT2D eigenvalue weighted by Crippen LogP contribution is -2.36. The Hall–Kier alpha value is -0.880. The first-order valence-electron chi connectivity index (χ1n) is 5.94. The summed E-state index contributed by atoms with van der Waals surface area (Å²) in [6, 6.07) is 0. The summed E-state index contributed by atoms with van der Waals surface area (Å²) >= 11 is 0. The van der Waals surface area contributed by atoms with Crippen molar-refractivity contribution in [3.63, 3.8) is 0 Å². The van der Waals surface area contributed by atoms with Gasteiger partial charge in [0.05, 0.1) is 18.8 Å². The zero-order chi connectivity index (χ0) is 12.9. The second-order valence-electron chi connectivity index (χ2n) is 4.23. The Morgan fingerprint density at radius 2 is 2.12 bits per heavy atom. The third kappa shape index (κ3) is 4.87. The lowest BCUT2D eigenvalue weighted by Gasteiger charge is -2.00. The number of imidazole rings is 1. The molecule has 0 saturated carbocycles. The predicted molar refractivity (Wildman–Crippen MR) is 65.3 cm³/mol. The molecule has 0 aliphatic carbocycles. The van der Waals surface area contributed by atoms with Crippen LogP contribution in [0.5, 0.6) is 0 Å².